The van der Waals surface area contributed by atoms with Crippen molar-refractivity contribution in [2.75, 3.05) is 11.9 Å². The molecule has 0 unspecified atom stereocenters. The van der Waals surface area contributed by atoms with Gasteiger partial charge in [-0.15, -0.1) is 5.10 Å². The lowest BCUT2D eigenvalue weighted by Gasteiger charge is -2.03. The summed E-state index contributed by atoms with van der Waals surface area (Å²) in [6, 6.07) is 10.2. The summed E-state index contributed by atoms with van der Waals surface area (Å²) in [5.74, 6) is 0.578. The van der Waals surface area contributed by atoms with Gasteiger partial charge >= 0.3 is 6.01 Å². The van der Waals surface area contributed by atoms with E-state index in [2.05, 4.69) is 32.4 Å². The minimum atomic E-state index is 0.435. The molecule has 6 nitrogen and oxygen atoms in total. The lowest BCUT2D eigenvalue weighted by molar-refractivity contribution is 0.516. The number of fused-ring (bicyclic) bond motifs is 1. The minimum Gasteiger partial charge on any atom is -0.408 e. The first kappa shape index (κ1) is 16.6. The van der Waals surface area contributed by atoms with Crippen LogP contribution in [-0.2, 0) is 12.8 Å². The fourth-order valence-corrected chi connectivity index (χ4v) is 3.22. The van der Waals surface area contributed by atoms with Gasteiger partial charge in [-0.1, -0.05) is 16.7 Å². The number of nitrogens with zero attached hydrogens (tertiary/aromatic N) is 3. The number of hydrogen-bond donors (Lipinski definition) is 2. The summed E-state index contributed by atoms with van der Waals surface area (Å²) in [7, 11) is 0. The Labute approximate surface area is 155 Å². The number of aryl methyl sites for hydroxylation is 1. The molecule has 0 amide bonds. The fraction of sp³-hybridized carbons (Fsp3) is 0.211. The summed E-state index contributed by atoms with van der Waals surface area (Å²) in [5.41, 5.74) is 4.57. The zero-order valence-corrected chi connectivity index (χ0v) is 15.0. The Morgan fingerprint density at radius 3 is 2.85 bits per heavy atom. The van der Waals surface area contributed by atoms with Gasteiger partial charge in [-0.05, 0) is 54.8 Å². The van der Waals surface area contributed by atoms with Gasteiger partial charge in [0.2, 0.25) is 5.89 Å². The Morgan fingerprint density at radius 2 is 2.00 bits per heavy atom. The van der Waals surface area contributed by atoms with E-state index in [0.717, 1.165) is 33.6 Å². The van der Waals surface area contributed by atoms with Crippen LogP contribution < -0.4 is 5.32 Å². The molecule has 0 saturated carbocycles. The van der Waals surface area contributed by atoms with Crippen molar-refractivity contribution in [3.8, 4) is 0 Å². The lowest BCUT2D eigenvalue weighted by atomic mass is 10.1. The molecule has 132 valence electrons. The molecule has 0 aliphatic rings. The molecule has 0 aliphatic carbocycles. The average molecular weight is 368 g/mol. The predicted octanol–water partition coefficient (Wildman–Crippen LogP) is 4.15. The van der Waals surface area contributed by atoms with Crippen LogP contribution in [0, 0.1) is 6.92 Å². The molecule has 0 saturated heterocycles. The summed E-state index contributed by atoms with van der Waals surface area (Å²) >= 11 is 6.13. The monoisotopic (exact) mass is 367 g/mol. The number of nitrogens with one attached hydrogen (secondary N) is 2. The molecule has 0 fully saturated rings. The highest BCUT2D eigenvalue weighted by Gasteiger charge is 2.10. The van der Waals surface area contributed by atoms with Crippen LogP contribution in [0.15, 0.2) is 47.1 Å². The number of aromatic nitrogens is 4. The maximum Gasteiger partial charge on any atom is 0.315 e. The number of aromatic amines is 1. The SMILES string of the molecule is Cc1[nH]c2ccc(Cl)cc2c1CCNc1nnc(Cc2ccncc2)o1. The van der Waals surface area contributed by atoms with E-state index in [1.807, 2.05) is 30.3 Å². The molecule has 4 aromatic rings. The van der Waals surface area contributed by atoms with Gasteiger partial charge in [0.1, 0.15) is 0 Å². The van der Waals surface area contributed by atoms with E-state index in [4.69, 9.17) is 16.0 Å². The highest BCUT2D eigenvalue weighted by molar-refractivity contribution is 6.31. The maximum absolute atomic E-state index is 6.13. The zero-order chi connectivity index (χ0) is 17.9. The Kier molecular flexibility index (Phi) is 4.58. The standard InChI is InChI=1S/C19H18ClN5O/c1-12-15(16-11-14(20)2-3-17(16)23-12)6-9-22-19-25-24-18(26-19)10-13-4-7-21-8-5-13/h2-5,7-8,11,23H,6,9-10H2,1H3,(H,22,25). The van der Waals surface area contributed by atoms with Gasteiger partial charge < -0.3 is 14.7 Å². The first-order valence-electron chi connectivity index (χ1n) is 8.41. The molecule has 0 aliphatic heterocycles. The van der Waals surface area contributed by atoms with E-state index < -0.39 is 0 Å². The number of H-pyrrole nitrogens is 1. The third-order valence-corrected chi connectivity index (χ3v) is 4.54. The number of benzene rings is 1. The van der Waals surface area contributed by atoms with Crippen molar-refractivity contribution in [1.29, 1.82) is 0 Å². The van der Waals surface area contributed by atoms with Gasteiger partial charge in [-0.25, -0.2) is 0 Å². The minimum absolute atomic E-state index is 0.435. The van der Waals surface area contributed by atoms with Gasteiger partial charge in [-0.2, -0.15) is 0 Å². The second kappa shape index (κ2) is 7.17. The van der Waals surface area contributed by atoms with Crippen LogP contribution >= 0.6 is 11.6 Å². The van der Waals surface area contributed by atoms with Crippen LogP contribution in [-0.4, -0.2) is 26.7 Å². The van der Waals surface area contributed by atoms with Gasteiger partial charge in [-0.3, -0.25) is 4.98 Å². The topological polar surface area (TPSA) is 79.6 Å². The average Bonchev–Trinajstić information content (AvgIpc) is 3.20. The van der Waals surface area contributed by atoms with Crippen LogP contribution in [0.3, 0.4) is 0 Å². The first-order valence-corrected chi connectivity index (χ1v) is 8.79. The number of halogens is 1. The second-order valence-electron chi connectivity index (χ2n) is 6.13. The molecule has 4 rings (SSSR count). The van der Waals surface area contributed by atoms with E-state index in [-0.39, 0.29) is 0 Å². The molecule has 1 aromatic carbocycles. The van der Waals surface area contributed by atoms with Crippen molar-refractivity contribution in [2.24, 2.45) is 0 Å². The molecule has 0 bridgehead atoms. The van der Waals surface area contributed by atoms with Crippen LogP contribution in [0.1, 0.15) is 22.7 Å². The highest BCUT2D eigenvalue weighted by atomic mass is 35.5. The predicted molar refractivity (Wildman–Crippen MR) is 102 cm³/mol. The van der Waals surface area contributed by atoms with Gasteiger partial charge in [0.05, 0.1) is 6.42 Å². The van der Waals surface area contributed by atoms with Gasteiger partial charge in [0.25, 0.3) is 0 Å². The fourth-order valence-electron chi connectivity index (χ4n) is 3.04. The van der Waals surface area contributed by atoms with Crippen LogP contribution in [0.2, 0.25) is 5.02 Å². The molecule has 7 heteroatoms. The normalized spacial score (nSPS) is 11.2. The summed E-state index contributed by atoms with van der Waals surface area (Å²) in [6.45, 7) is 2.76. The third kappa shape index (κ3) is 3.55. The summed E-state index contributed by atoms with van der Waals surface area (Å²) in [5, 5.41) is 13.2. The van der Waals surface area contributed by atoms with Gasteiger partial charge in [0, 0.05) is 40.6 Å². The summed E-state index contributed by atoms with van der Waals surface area (Å²) in [4.78, 5) is 7.39. The maximum atomic E-state index is 6.13. The van der Waals surface area contributed by atoms with E-state index in [1.54, 1.807) is 12.4 Å². The van der Waals surface area contributed by atoms with Crippen LogP contribution in [0.5, 0.6) is 0 Å². The molecule has 2 N–H and O–H groups in total. The zero-order valence-electron chi connectivity index (χ0n) is 14.3. The summed E-state index contributed by atoms with van der Waals surface area (Å²) in [6.07, 6.45) is 4.92. The Morgan fingerprint density at radius 1 is 1.15 bits per heavy atom. The van der Waals surface area contributed by atoms with E-state index in [9.17, 15) is 0 Å². The highest BCUT2D eigenvalue weighted by Crippen LogP contribution is 2.25. The molecule has 26 heavy (non-hydrogen) atoms. The summed E-state index contributed by atoms with van der Waals surface area (Å²) < 4.78 is 5.66. The largest absolute Gasteiger partial charge is 0.408 e. The van der Waals surface area contributed by atoms with Crippen molar-refractivity contribution < 1.29 is 4.42 Å². The molecule has 3 heterocycles. The van der Waals surface area contributed by atoms with Crippen molar-refractivity contribution >= 4 is 28.5 Å². The van der Waals surface area contributed by atoms with Gasteiger partial charge in [0.15, 0.2) is 0 Å². The molecule has 0 radical (unpaired) electrons. The van der Waals surface area contributed by atoms with Crippen molar-refractivity contribution in [3.63, 3.8) is 0 Å². The smallest absolute Gasteiger partial charge is 0.315 e. The molecule has 0 spiro atoms. The molecule has 0 atom stereocenters. The number of anilines is 1. The number of hydrogen-bond acceptors (Lipinski definition) is 5. The van der Waals surface area contributed by atoms with Crippen molar-refractivity contribution in [3.05, 3.63) is 70.5 Å². The Bertz CT molecular complexity index is 1030. The number of pyridine rings is 1. The van der Waals surface area contributed by atoms with Crippen molar-refractivity contribution in [2.45, 2.75) is 19.8 Å². The quantitative estimate of drug-likeness (QED) is 0.535. The van der Waals surface area contributed by atoms with Crippen LogP contribution in [0.4, 0.5) is 6.01 Å². The molecule has 3 aromatic heterocycles. The van der Waals surface area contributed by atoms with Crippen molar-refractivity contribution in [1.82, 2.24) is 20.2 Å². The molecular weight excluding hydrogens is 350 g/mol. The van der Waals surface area contributed by atoms with E-state index >= 15 is 0 Å². The van der Waals surface area contributed by atoms with E-state index in [1.165, 1.54) is 5.56 Å². The number of rotatable bonds is 6. The van der Waals surface area contributed by atoms with Crippen LogP contribution in [0.25, 0.3) is 10.9 Å². The van der Waals surface area contributed by atoms with E-state index in [0.29, 0.717) is 24.9 Å². The third-order valence-electron chi connectivity index (χ3n) is 4.30. The lowest BCUT2D eigenvalue weighted by Crippen LogP contribution is -2.05. The molecular formula is C19H18ClN5O. The first-order chi connectivity index (χ1) is 12.7. The second-order valence-corrected chi connectivity index (χ2v) is 6.56. The Hall–Kier alpha value is -2.86. The Balaban J connectivity index is 1.40.